The monoisotopic (exact) mass is 261 g/mol. The molecule has 2 rings (SSSR count). The average molecular weight is 261 g/mol. The second-order valence-electron chi connectivity index (χ2n) is 5.17. The Morgan fingerprint density at radius 3 is 2.79 bits per heavy atom. The van der Waals surface area contributed by atoms with Crippen LogP contribution in [0, 0.1) is 5.92 Å². The minimum Gasteiger partial charge on any atom is -0.491 e. The number of amides is 1. The summed E-state index contributed by atoms with van der Waals surface area (Å²) in [6.45, 7) is 2.84. The summed E-state index contributed by atoms with van der Waals surface area (Å²) in [6.07, 6.45) is 6.52. The summed E-state index contributed by atoms with van der Waals surface area (Å²) < 4.78 is 5.73. The molecule has 104 valence electrons. The summed E-state index contributed by atoms with van der Waals surface area (Å²) >= 11 is 0. The number of para-hydroxylation sites is 2. The zero-order chi connectivity index (χ0) is 13.5. The van der Waals surface area contributed by atoms with Gasteiger partial charge < -0.3 is 10.1 Å². The number of benzene rings is 1. The van der Waals surface area contributed by atoms with Gasteiger partial charge in [-0.15, -0.1) is 0 Å². The van der Waals surface area contributed by atoms with E-state index in [1.807, 2.05) is 24.3 Å². The summed E-state index contributed by atoms with van der Waals surface area (Å²) in [5, 5.41) is 3.02. The van der Waals surface area contributed by atoms with Crippen LogP contribution >= 0.6 is 0 Å². The van der Waals surface area contributed by atoms with Crippen LogP contribution in [0.15, 0.2) is 24.3 Å². The zero-order valence-corrected chi connectivity index (χ0v) is 11.7. The van der Waals surface area contributed by atoms with Crippen LogP contribution in [0.5, 0.6) is 5.75 Å². The van der Waals surface area contributed by atoms with Crippen LogP contribution in [0.25, 0.3) is 0 Å². The van der Waals surface area contributed by atoms with Gasteiger partial charge in [0.15, 0.2) is 0 Å². The van der Waals surface area contributed by atoms with Gasteiger partial charge in [0.2, 0.25) is 5.91 Å². The van der Waals surface area contributed by atoms with Gasteiger partial charge in [-0.25, -0.2) is 0 Å². The predicted molar refractivity (Wildman–Crippen MR) is 77.4 cm³/mol. The van der Waals surface area contributed by atoms with Gasteiger partial charge in [-0.3, -0.25) is 4.79 Å². The van der Waals surface area contributed by atoms with Gasteiger partial charge in [0, 0.05) is 5.92 Å². The van der Waals surface area contributed by atoms with E-state index in [0.29, 0.717) is 6.61 Å². The van der Waals surface area contributed by atoms with Crippen LogP contribution in [0.3, 0.4) is 0 Å². The number of hydrogen-bond donors (Lipinski definition) is 1. The molecule has 1 N–H and O–H groups in total. The van der Waals surface area contributed by atoms with E-state index in [4.69, 9.17) is 4.74 Å². The number of rotatable bonds is 6. The van der Waals surface area contributed by atoms with Crippen molar-refractivity contribution in [3.05, 3.63) is 24.3 Å². The van der Waals surface area contributed by atoms with Crippen LogP contribution in [-0.2, 0) is 4.79 Å². The van der Waals surface area contributed by atoms with E-state index in [-0.39, 0.29) is 11.8 Å². The second kappa shape index (κ2) is 7.17. The van der Waals surface area contributed by atoms with Crippen LogP contribution in [0.1, 0.15) is 45.4 Å². The smallest absolute Gasteiger partial charge is 0.227 e. The van der Waals surface area contributed by atoms with E-state index in [0.717, 1.165) is 37.1 Å². The van der Waals surface area contributed by atoms with Gasteiger partial charge in [0.25, 0.3) is 0 Å². The van der Waals surface area contributed by atoms with Crippen molar-refractivity contribution in [2.75, 3.05) is 11.9 Å². The maximum Gasteiger partial charge on any atom is 0.227 e. The minimum atomic E-state index is 0.143. The highest BCUT2D eigenvalue weighted by Crippen LogP contribution is 2.29. The summed E-state index contributed by atoms with van der Waals surface area (Å²) in [5.74, 6) is 1.11. The standard InChI is InChI=1S/C16H23NO2/c1-2-3-12-19-15-11-7-6-10-14(15)17-16(18)13-8-4-5-9-13/h6-7,10-11,13H,2-5,8-9,12H2,1H3,(H,17,18). The molecule has 0 aliphatic heterocycles. The molecule has 0 radical (unpaired) electrons. The fraction of sp³-hybridized carbons (Fsp3) is 0.562. The molecule has 19 heavy (non-hydrogen) atoms. The predicted octanol–water partition coefficient (Wildman–Crippen LogP) is 3.99. The number of hydrogen-bond acceptors (Lipinski definition) is 2. The molecule has 1 aromatic rings. The lowest BCUT2D eigenvalue weighted by Gasteiger charge is -2.14. The van der Waals surface area contributed by atoms with E-state index in [9.17, 15) is 4.79 Å². The molecule has 0 aromatic heterocycles. The molecule has 3 nitrogen and oxygen atoms in total. The highest BCUT2D eigenvalue weighted by atomic mass is 16.5. The Morgan fingerprint density at radius 1 is 1.32 bits per heavy atom. The lowest BCUT2D eigenvalue weighted by molar-refractivity contribution is -0.119. The Kier molecular flexibility index (Phi) is 5.25. The molecule has 1 aliphatic rings. The molecule has 0 atom stereocenters. The number of anilines is 1. The Morgan fingerprint density at radius 2 is 2.05 bits per heavy atom. The number of carbonyl (C=O) groups excluding carboxylic acids is 1. The van der Waals surface area contributed by atoms with Gasteiger partial charge in [-0.2, -0.15) is 0 Å². The van der Waals surface area contributed by atoms with Crippen molar-refractivity contribution in [2.45, 2.75) is 45.4 Å². The highest BCUT2D eigenvalue weighted by molar-refractivity contribution is 5.94. The zero-order valence-electron chi connectivity index (χ0n) is 11.7. The van der Waals surface area contributed by atoms with E-state index < -0.39 is 0 Å². The lowest BCUT2D eigenvalue weighted by Crippen LogP contribution is -2.20. The Labute approximate surface area is 115 Å². The van der Waals surface area contributed by atoms with Crippen molar-refractivity contribution < 1.29 is 9.53 Å². The number of unbranched alkanes of at least 4 members (excludes halogenated alkanes) is 1. The quantitative estimate of drug-likeness (QED) is 0.786. The molecule has 0 saturated heterocycles. The largest absolute Gasteiger partial charge is 0.491 e. The first-order valence-corrected chi connectivity index (χ1v) is 7.34. The van der Waals surface area contributed by atoms with Crippen molar-refractivity contribution in [1.29, 1.82) is 0 Å². The Bertz CT molecular complexity index is 411. The molecule has 1 aromatic carbocycles. The van der Waals surface area contributed by atoms with Crippen LogP contribution in [-0.4, -0.2) is 12.5 Å². The van der Waals surface area contributed by atoms with E-state index in [1.165, 1.54) is 12.8 Å². The fourth-order valence-electron chi connectivity index (χ4n) is 2.45. The normalized spacial score (nSPS) is 15.4. The first-order valence-electron chi connectivity index (χ1n) is 7.34. The first-order chi connectivity index (χ1) is 9.31. The molecule has 1 amide bonds. The molecule has 1 saturated carbocycles. The summed E-state index contributed by atoms with van der Waals surface area (Å²) in [7, 11) is 0. The third-order valence-electron chi connectivity index (χ3n) is 3.63. The molecule has 1 fully saturated rings. The van der Waals surface area contributed by atoms with Crippen molar-refractivity contribution in [3.8, 4) is 5.75 Å². The van der Waals surface area contributed by atoms with Crippen LogP contribution in [0.4, 0.5) is 5.69 Å². The van der Waals surface area contributed by atoms with Crippen molar-refractivity contribution >= 4 is 11.6 Å². The molecule has 0 bridgehead atoms. The van der Waals surface area contributed by atoms with E-state index in [1.54, 1.807) is 0 Å². The van der Waals surface area contributed by atoms with Crippen LogP contribution in [0.2, 0.25) is 0 Å². The Hall–Kier alpha value is -1.51. The highest BCUT2D eigenvalue weighted by Gasteiger charge is 2.23. The first kappa shape index (κ1) is 13.9. The maximum absolute atomic E-state index is 12.1. The minimum absolute atomic E-state index is 0.143. The number of nitrogens with one attached hydrogen (secondary N) is 1. The third-order valence-corrected chi connectivity index (χ3v) is 3.63. The molecule has 0 heterocycles. The van der Waals surface area contributed by atoms with Gasteiger partial charge in [0.1, 0.15) is 5.75 Å². The second-order valence-corrected chi connectivity index (χ2v) is 5.17. The number of ether oxygens (including phenoxy) is 1. The molecular weight excluding hydrogens is 238 g/mol. The third kappa shape index (κ3) is 3.98. The van der Waals surface area contributed by atoms with Crippen molar-refractivity contribution in [2.24, 2.45) is 5.92 Å². The van der Waals surface area contributed by atoms with Crippen LogP contribution < -0.4 is 10.1 Å². The van der Waals surface area contributed by atoms with Gasteiger partial charge in [-0.1, -0.05) is 38.3 Å². The van der Waals surface area contributed by atoms with E-state index >= 15 is 0 Å². The number of carbonyl (C=O) groups is 1. The fourth-order valence-corrected chi connectivity index (χ4v) is 2.45. The molecule has 1 aliphatic carbocycles. The topological polar surface area (TPSA) is 38.3 Å². The Balaban J connectivity index is 1.96. The summed E-state index contributed by atoms with van der Waals surface area (Å²) in [5.41, 5.74) is 0.801. The molecule has 3 heteroatoms. The SMILES string of the molecule is CCCCOc1ccccc1NC(=O)C1CCCC1. The summed E-state index contributed by atoms with van der Waals surface area (Å²) in [6, 6.07) is 7.69. The molecular formula is C16H23NO2. The molecule has 0 spiro atoms. The van der Waals surface area contributed by atoms with Gasteiger partial charge >= 0.3 is 0 Å². The van der Waals surface area contributed by atoms with Crippen molar-refractivity contribution in [1.82, 2.24) is 0 Å². The maximum atomic E-state index is 12.1. The molecule has 0 unspecified atom stereocenters. The average Bonchev–Trinajstić information content (AvgIpc) is 2.95. The van der Waals surface area contributed by atoms with E-state index in [2.05, 4.69) is 12.2 Å². The van der Waals surface area contributed by atoms with Gasteiger partial charge in [0.05, 0.1) is 12.3 Å². The summed E-state index contributed by atoms with van der Waals surface area (Å²) in [4.78, 5) is 12.1. The van der Waals surface area contributed by atoms with Gasteiger partial charge in [-0.05, 0) is 31.4 Å². The lowest BCUT2D eigenvalue weighted by atomic mass is 10.1. The van der Waals surface area contributed by atoms with Crippen molar-refractivity contribution in [3.63, 3.8) is 0 Å².